The van der Waals surface area contributed by atoms with Gasteiger partial charge in [-0.25, -0.2) is 9.59 Å². The molecule has 190 valence electrons. The van der Waals surface area contributed by atoms with E-state index in [-0.39, 0.29) is 41.4 Å². The van der Waals surface area contributed by atoms with Crippen LogP contribution >= 0.6 is 12.4 Å². The number of halogens is 1. The van der Waals surface area contributed by atoms with Crippen molar-refractivity contribution in [2.24, 2.45) is 0 Å². The van der Waals surface area contributed by atoms with Gasteiger partial charge in [0, 0.05) is 30.8 Å². The first-order valence-electron chi connectivity index (χ1n) is 11.0. The van der Waals surface area contributed by atoms with Crippen molar-refractivity contribution in [3.05, 3.63) is 92.8 Å². The van der Waals surface area contributed by atoms with Crippen LogP contribution in [0.15, 0.2) is 54.6 Å². The first-order valence-corrected chi connectivity index (χ1v) is 11.0. The summed E-state index contributed by atoms with van der Waals surface area (Å²) in [6.07, 6.45) is 0. The highest BCUT2D eigenvalue weighted by molar-refractivity contribution is 6.07. The number of likely N-dealkylation sites (N-methyl/N-ethyl adjacent to an activating group) is 1. The van der Waals surface area contributed by atoms with Gasteiger partial charge in [-0.2, -0.15) is 0 Å². The minimum absolute atomic E-state index is 0. The fraction of sp³-hybridized carbons (Fsp3) is 0.269. The molecule has 9 nitrogen and oxygen atoms in total. The molecule has 10 heteroatoms. The van der Waals surface area contributed by atoms with E-state index in [2.05, 4.69) is 4.98 Å². The molecule has 3 rings (SSSR count). The molecule has 0 saturated carbocycles. The molecule has 0 radical (unpaired) electrons. The number of hydrogen-bond acceptors (Lipinski definition) is 8. The van der Waals surface area contributed by atoms with Gasteiger partial charge in [-0.15, -0.1) is 12.4 Å². The van der Waals surface area contributed by atoms with Crippen LogP contribution in [0.3, 0.4) is 0 Å². The second kappa shape index (κ2) is 12.8. The van der Waals surface area contributed by atoms with E-state index in [1.54, 1.807) is 19.9 Å². The predicted molar refractivity (Wildman–Crippen MR) is 137 cm³/mol. The average molecular weight is 514 g/mol. The maximum atomic E-state index is 13.2. The number of ether oxygens (including phenoxy) is 2. The van der Waals surface area contributed by atoms with Gasteiger partial charge in [0.25, 0.3) is 5.69 Å². The Bertz CT molecular complexity index is 1250. The number of benzene rings is 2. The van der Waals surface area contributed by atoms with E-state index in [9.17, 15) is 19.7 Å². The van der Waals surface area contributed by atoms with Gasteiger partial charge in [-0.05, 0) is 32.0 Å². The van der Waals surface area contributed by atoms with E-state index in [1.165, 1.54) is 25.3 Å². The molecule has 0 unspecified atom stereocenters. The fourth-order valence-electron chi connectivity index (χ4n) is 3.86. The zero-order valence-corrected chi connectivity index (χ0v) is 21.3. The van der Waals surface area contributed by atoms with Crippen molar-refractivity contribution in [1.82, 2.24) is 9.88 Å². The number of nitro groups is 1. The third-order valence-corrected chi connectivity index (χ3v) is 5.50. The molecule has 0 fully saturated rings. The Morgan fingerprint density at radius 2 is 1.64 bits per heavy atom. The summed E-state index contributed by atoms with van der Waals surface area (Å²) in [6.45, 7) is 4.53. The molecule has 0 spiro atoms. The standard InChI is InChI=1S/C26H27N3O6.ClH/c1-17-22(25(30)34-4)24(20-11-8-12-21(15-20)29(32)33)23(18(2)27-17)26(31)35-14-13-28(3)16-19-9-6-5-7-10-19;/h5-12,15H,13-14,16H2,1-4H3;1H. The molecule has 0 amide bonds. The van der Waals surface area contributed by atoms with Gasteiger partial charge in [0.1, 0.15) is 6.61 Å². The molecule has 0 atom stereocenters. The van der Waals surface area contributed by atoms with E-state index in [4.69, 9.17) is 9.47 Å². The van der Waals surface area contributed by atoms with Crippen molar-refractivity contribution in [2.75, 3.05) is 27.3 Å². The Hall–Kier alpha value is -3.82. The van der Waals surface area contributed by atoms with Crippen LogP contribution in [0.1, 0.15) is 37.7 Å². The summed E-state index contributed by atoms with van der Waals surface area (Å²) in [4.78, 5) is 43.1. The van der Waals surface area contributed by atoms with Crippen molar-refractivity contribution in [3.63, 3.8) is 0 Å². The number of carbonyl (C=O) groups is 2. The van der Waals surface area contributed by atoms with Crippen molar-refractivity contribution < 1.29 is 24.0 Å². The monoisotopic (exact) mass is 513 g/mol. The minimum atomic E-state index is -0.701. The lowest BCUT2D eigenvalue weighted by atomic mass is 9.92. The van der Waals surface area contributed by atoms with Crippen LogP contribution in [0.5, 0.6) is 0 Å². The Balaban J connectivity index is 0.00000456. The normalized spacial score (nSPS) is 10.5. The van der Waals surface area contributed by atoms with Crippen LogP contribution in [0.25, 0.3) is 11.1 Å². The first kappa shape index (κ1) is 28.4. The Morgan fingerprint density at radius 1 is 1.00 bits per heavy atom. The summed E-state index contributed by atoms with van der Waals surface area (Å²) in [6, 6.07) is 15.6. The van der Waals surface area contributed by atoms with Gasteiger partial charge in [0.15, 0.2) is 0 Å². The lowest BCUT2D eigenvalue weighted by molar-refractivity contribution is -0.384. The molecule has 1 heterocycles. The molecular formula is C26H28ClN3O6. The van der Waals surface area contributed by atoms with Crippen LogP contribution in [-0.2, 0) is 16.0 Å². The summed E-state index contributed by atoms with van der Waals surface area (Å²) in [5.41, 5.74) is 2.31. The van der Waals surface area contributed by atoms with Gasteiger partial charge < -0.3 is 9.47 Å². The smallest absolute Gasteiger partial charge is 0.340 e. The van der Waals surface area contributed by atoms with E-state index < -0.39 is 16.9 Å². The van der Waals surface area contributed by atoms with Crippen molar-refractivity contribution >= 4 is 30.0 Å². The van der Waals surface area contributed by atoms with Gasteiger partial charge in [-0.3, -0.25) is 20.0 Å². The summed E-state index contributed by atoms with van der Waals surface area (Å²) >= 11 is 0. The Morgan fingerprint density at radius 3 is 2.25 bits per heavy atom. The summed E-state index contributed by atoms with van der Waals surface area (Å²) in [5, 5.41) is 11.4. The lowest BCUT2D eigenvalue weighted by Gasteiger charge is -2.19. The molecule has 1 aromatic heterocycles. The molecule has 0 N–H and O–H groups in total. The van der Waals surface area contributed by atoms with Crippen molar-refractivity contribution in [1.29, 1.82) is 0 Å². The summed E-state index contributed by atoms with van der Waals surface area (Å²) in [7, 11) is 3.14. The third-order valence-electron chi connectivity index (χ3n) is 5.50. The zero-order valence-electron chi connectivity index (χ0n) is 20.5. The highest BCUT2D eigenvalue weighted by Crippen LogP contribution is 2.34. The minimum Gasteiger partial charge on any atom is -0.465 e. The topological polar surface area (TPSA) is 112 Å². The number of nitrogens with zero attached hydrogens (tertiary/aromatic N) is 3. The predicted octanol–water partition coefficient (Wildman–Crippen LogP) is 4.77. The van der Waals surface area contributed by atoms with Gasteiger partial charge in [0.05, 0.1) is 34.5 Å². The van der Waals surface area contributed by atoms with E-state index in [0.29, 0.717) is 30.0 Å². The molecule has 2 aromatic carbocycles. The number of aryl methyl sites for hydroxylation is 2. The van der Waals surface area contributed by atoms with Crippen LogP contribution in [0.4, 0.5) is 5.69 Å². The summed E-state index contributed by atoms with van der Waals surface area (Å²) in [5.74, 6) is -1.37. The van der Waals surface area contributed by atoms with E-state index in [0.717, 1.165) is 5.56 Å². The number of aromatic nitrogens is 1. The molecule has 0 aliphatic rings. The largest absolute Gasteiger partial charge is 0.465 e. The van der Waals surface area contributed by atoms with Crippen LogP contribution in [-0.4, -0.2) is 54.1 Å². The highest BCUT2D eigenvalue weighted by atomic mass is 35.5. The van der Waals surface area contributed by atoms with Gasteiger partial charge >= 0.3 is 11.9 Å². The second-order valence-corrected chi connectivity index (χ2v) is 8.07. The lowest BCUT2D eigenvalue weighted by Crippen LogP contribution is -2.25. The number of esters is 2. The maximum Gasteiger partial charge on any atom is 0.340 e. The number of rotatable bonds is 9. The molecule has 0 saturated heterocycles. The van der Waals surface area contributed by atoms with Crippen molar-refractivity contribution in [3.8, 4) is 11.1 Å². The quantitative estimate of drug-likeness (QED) is 0.228. The van der Waals surface area contributed by atoms with Crippen LogP contribution in [0.2, 0.25) is 0 Å². The molecule has 36 heavy (non-hydrogen) atoms. The average Bonchev–Trinajstić information content (AvgIpc) is 2.83. The fourth-order valence-corrected chi connectivity index (χ4v) is 3.86. The third kappa shape index (κ3) is 6.65. The summed E-state index contributed by atoms with van der Waals surface area (Å²) < 4.78 is 10.5. The number of pyridine rings is 1. The van der Waals surface area contributed by atoms with Crippen LogP contribution < -0.4 is 0 Å². The number of carbonyl (C=O) groups excluding carboxylic acids is 2. The van der Waals surface area contributed by atoms with Gasteiger partial charge in [0.2, 0.25) is 0 Å². The van der Waals surface area contributed by atoms with E-state index >= 15 is 0 Å². The van der Waals surface area contributed by atoms with E-state index in [1.807, 2.05) is 42.3 Å². The maximum absolute atomic E-state index is 13.2. The highest BCUT2D eigenvalue weighted by Gasteiger charge is 2.28. The Kier molecular flexibility index (Phi) is 10.1. The number of nitro benzene ring substituents is 1. The first-order chi connectivity index (χ1) is 16.7. The van der Waals surface area contributed by atoms with Gasteiger partial charge in [-0.1, -0.05) is 42.5 Å². The molecule has 3 aromatic rings. The van der Waals surface area contributed by atoms with Crippen molar-refractivity contribution in [2.45, 2.75) is 20.4 Å². The number of hydrogen-bond donors (Lipinski definition) is 0. The number of methoxy groups -OCH3 is 1. The van der Waals surface area contributed by atoms with Crippen LogP contribution in [0, 0.1) is 24.0 Å². The second-order valence-electron chi connectivity index (χ2n) is 8.07. The molecular weight excluding hydrogens is 486 g/mol. The zero-order chi connectivity index (χ0) is 25.5. The molecule has 0 aliphatic carbocycles. The molecule has 0 aliphatic heterocycles. The molecule has 0 bridgehead atoms. The Labute approximate surface area is 215 Å². The number of non-ortho nitro benzene ring substituents is 1. The SMILES string of the molecule is COC(=O)c1c(C)nc(C)c(C(=O)OCCN(C)Cc2ccccc2)c1-c1cccc([N+](=O)[O-])c1.Cl.